The number of benzene rings is 1. The molecule has 0 radical (unpaired) electrons. The molecule has 0 spiro atoms. The molecule has 4 heteroatoms. The molecule has 2 aromatic rings. The van der Waals surface area contributed by atoms with Crippen LogP contribution in [0.2, 0.25) is 0 Å². The second-order valence-corrected chi connectivity index (χ2v) is 4.40. The average molecular weight is 259 g/mol. The highest BCUT2D eigenvalue weighted by atomic mass is 16.5. The zero-order chi connectivity index (χ0) is 13.7. The first-order valence-corrected chi connectivity index (χ1v) is 6.74. The first kappa shape index (κ1) is 13.6. The van der Waals surface area contributed by atoms with Crippen molar-refractivity contribution in [3.8, 4) is 17.0 Å². The fourth-order valence-electron chi connectivity index (χ4n) is 2.03. The number of H-pyrrole nitrogens is 1. The Labute approximate surface area is 114 Å². The number of hydrogen-bond acceptors (Lipinski definition) is 3. The van der Waals surface area contributed by atoms with E-state index in [4.69, 9.17) is 4.74 Å². The molecule has 1 aromatic carbocycles. The van der Waals surface area contributed by atoms with Crippen LogP contribution in [0.25, 0.3) is 11.3 Å². The monoisotopic (exact) mass is 259 g/mol. The summed E-state index contributed by atoms with van der Waals surface area (Å²) in [7, 11) is 0. The van der Waals surface area contributed by atoms with Crippen LogP contribution < -0.4 is 10.1 Å². The van der Waals surface area contributed by atoms with Crippen molar-refractivity contribution in [2.45, 2.75) is 27.3 Å². The van der Waals surface area contributed by atoms with Gasteiger partial charge < -0.3 is 15.0 Å². The molecule has 0 aliphatic rings. The molecule has 4 nitrogen and oxygen atoms in total. The molecule has 0 aliphatic carbocycles. The van der Waals surface area contributed by atoms with Crippen LogP contribution in [0, 0.1) is 6.92 Å². The molecule has 19 heavy (non-hydrogen) atoms. The molecular weight excluding hydrogens is 238 g/mol. The zero-order valence-electron chi connectivity index (χ0n) is 11.8. The van der Waals surface area contributed by atoms with Gasteiger partial charge in [-0.3, -0.25) is 0 Å². The Kier molecular flexibility index (Phi) is 4.58. The van der Waals surface area contributed by atoms with Gasteiger partial charge in [0.25, 0.3) is 0 Å². The lowest BCUT2D eigenvalue weighted by atomic mass is 10.1. The van der Waals surface area contributed by atoms with Gasteiger partial charge in [0.1, 0.15) is 11.6 Å². The molecule has 0 atom stereocenters. The molecule has 2 rings (SSSR count). The lowest BCUT2D eigenvalue weighted by molar-refractivity contribution is 0.340. The topological polar surface area (TPSA) is 49.9 Å². The Morgan fingerprint density at radius 3 is 2.89 bits per heavy atom. The van der Waals surface area contributed by atoms with Crippen LogP contribution in [0.5, 0.6) is 5.75 Å². The zero-order valence-corrected chi connectivity index (χ0v) is 11.8. The van der Waals surface area contributed by atoms with E-state index in [0.29, 0.717) is 6.61 Å². The van der Waals surface area contributed by atoms with Crippen molar-refractivity contribution in [2.75, 3.05) is 13.2 Å². The third-order valence-corrected chi connectivity index (χ3v) is 2.89. The molecule has 0 fully saturated rings. The smallest absolute Gasteiger partial charge is 0.121 e. The van der Waals surface area contributed by atoms with Gasteiger partial charge in [-0.2, -0.15) is 0 Å². The third-order valence-electron chi connectivity index (χ3n) is 2.89. The van der Waals surface area contributed by atoms with Gasteiger partial charge in [0.2, 0.25) is 0 Å². The maximum Gasteiger partial charge on any atom is 0.121 e. The first-order chi connectivity index (χ1) is 9.24. The molecular formula is C15H21N3O. The maximum absolute atomic E-state index is 5.53. The second kappa shape index (κ2) is 6.38. The van der Waals surface area contributed by atoms with Crippen LogP contribution in [-0.4, -0.2) is 23.1 Å². The second-order valence-electron chi connectivity index (χ2n) is 4.40. The van der Waals surface area contributed by atoms with Gasteiger partial charge in [0.05, 0.1) is 18.8 Å². The maximum atomic E-state index is 5.53. The van der Waals surface area contributed by atoms with Crippen molar-refractivity contribution in [2.24, 2.45) is 0 Å². The summed E-state index contributed by atoms with van der Waals surface area (Å²) in [4.78, 5) is 7.96. The van der Waals surface area contributed by atoms with E-state index in [1.165, 1.54) is 0 Å². The summed E-state index contributed by atoms with van der Waals surface area (Å²) >= 11 is 0. The van der Waals surface area contributed by atoms with Crippen molar-refractivity contribution >= 4 is 0 Å². The summed E-state index contributed by atoms with van der Waals surface area (Å²) in [6, 6.07) is 8.05. The van der Waals surface area contributed by atoms with Gasteiger partial charge in [-0.05, 0) is 32.5 Å². The number of aromatic amines is 1. The number of rotatable bonds is 6. The van der Waals surface area contributed by atoms with E-state index in [1.807, 2.05) is 32.0 Å². The Bertz CT molecular complexity index is 534. The normalized spacial score (nSPS) is 10.7. The van der Waals surface area contributed by atoms with E-state index in [2.05, 4.69) is 28.3 Å². The minimum absolute atomic E-state index is 0.675. The Balaban J connectivity index is 2.25. The van der Waals surface area contributed by atoms with Crippen LogP contribution in [-0.2, 0) is 6.54 Å². The van der Waals surface area contributed by atoms with E-state index in [9.17, 15) is 0 Å². The number of nitrogens with zero attached hydrogens (tertiary/aromatic N) is 1. The van der Waals surface area contributed by atoms with Crippen molar-refractivity contribution in [1.29, 1.82) is 0 Å². The van der Waals surface area contributed by atoms with Gasteiger partial charge >= 0.3 is 0 Å². The Morgan fingerprint density at radius 1 is 1.32 bits per heavy atom. The first-order valence-electron chi connectivity index (χ1n) is 6.74. The van der Waals surface area contributed by atoms with E-state index in [0.717, 1.165) is 41.6 Å². The van der Waals surface area contributed by atoms with E-state index in [-0.39, 0.29) is 0 Å². The number of aryl methyl sites for hydroxylation is 1. The summed E-state index contributed by atoms with van der Waals surface area (Å²) in [5.41, 5.74) is 3.17. The minimum atomic E-state index is 0.675. The molecule has 0 amide bonds. The molecule has 1 aromatic heterocycles. The Morgan fingerprint density at radius 2 is 2.16 bits per heavy atom. The third kappa shape index (κ3) is 3.35. The quantitative estimate of drug-likeness (QED) is 0.838. The lowest BCUT2D eigenvalue weighted by Crippen LogP contribution is -2.12. The van der Waals surface area contributed by atoms with Crippen LogP contribution in [0.15, 0.2) is 24.3 Å². The van der Waals surface area contributed by atoms with Gasteiger partial charge in [-0.1, -0.05) is 19.1 Å². The fraction of sp³-hybridized carbons (Fsp3) is 0.400. The van der Waals surface area contributed by atoms with E-state index >= 15 is 0 Å². The lowest BCUT2D eigenvalue weighted by Gasteiger charge is -2.04. The highest BCUT2D eigenvalue weighted by Crippen LogP contribution is 2.25. The largest absolute Gasteiger partial charge is 0.494 e. The minimum Gasteiger partial charge on any atom is -0.494 e. The predicted molar refractivity (Wildman–Crippen MR) is 77.3 cm³/mol. The molecule has 0 saturated heterocycles. The highest BCUT2D eigenvalue weighted by Gasteiger charge is 2.09. The van der Waals surface area contributed by atoms with E-state index < -0.39 is 0 Å². The van der Waals surface area contributed by atoms with Crippen LogP contribution >= 0.6 is 0 Å². The SMILES string of the molecule is CCNCc1nc(-c2cccc(OCC)c2)c(C)[nH]1. The number of nitrogens with one attached hydrogen (secondary N) is 2. The van der Waals surface area contributed by atoms with E-state index in [1.54, 1.807) is 0 Å². The molecule has 0 aliphatic heterocycles. The molecule has 1 heterocycles. The molecule has 0 bridgehead atoms. The van der Waals surface area contributed by atoms with Gasteiger partial charge in [0.15, 0.2) is 0 Å². The average Bonchev–Trinajstić information content (AvgIpc) is 2.78. The summed E-state index contributed by atoms with van der Waals surface area (Å²) in [6.07, 6.45) is 0. The van der Waals surface area contributed by atoms with Gasteiger partial charge in [0, 0.05) is 11.3 Å². The fourth-order valence-corrected chi connectivity index (χ4v) is 2.03. The van der Waals surface area contributed by atoms with Crippen molar-refractivity contribution in [1.82, 2.24) is 15.3 Å². The summed E-state index contributed by atoms with van der Waals surface area (Å²) in [5.74, 6) is 1.85. The van der Waals surface area contributed by atoms with Crippen LogP contribution in [0.1, 0.15) is 25.4 Å². The van der Waals surface area contributed by atoms with Gasteiger partial charge in [-0.15, -0.1) is 0 Å². The predicted octanol–water partition coefficient (Wildman–Crippen LogP) is 2.89. The molecule has 0 unspecified atom stereocenters. The van der Waals surface area contributed by atoms with Crippen molar-refractivity contribution in [3.05, 3.63) is 35.8 Å². The van der Waals surface area contributed by atoms with Crippen molar-refractivity contribution in [3.63, 3.8) is 0 Å². The summed E-state index contributed by atoms with van der Waals surface area (Å²) < 4.78 is 5.53. The number of aromatic nitrogens is 2. The molecule has 0 saturated carbocycles. The van der Waals surface area contributed by atoms with Gasteiger partial charge in [-0.25, -0.2) is 4.98 Å². The summed E-state index contributed by atoms with van der Waals surface area (Å²) in [5, 5.41) is 3.27. The van der Waals surface area contributed by atoms with Crippen molar-refractivity contribution < 1.29 is 4.74 Å². The van der Waals surface area contributed by atoms with Crippen LogP contribution in [0.4, 0.5) is 0 Å². The molecule has 2 N–H and O–H groups in total. The standard InChI is InChI=1S/C15H21N3O/c1-4-16-10-14-17-11(3)15(18-14)12-7-6-8-13(9-12)19-5-2/h6-9,16H,4-5,10H2,1-3H3,(H,17,18). The summed E-state index contributed by atoms with van der Waals surface area (Å²) in [6.45, 7) is 8.50. The highest BCUT2D eigenvalue weighted by molar-refractivity contribution is 5.63. The Hall–Kier alpha value is -1.81. The van der Waals surface area contributed by atoms with Crippen LogP contribution in [0.3, 0.4) is 0 Å². The molecule has 102 valence electrons. The number of imidazole rings is 1. The number of hydrogen-bond donors (Lipinski definition) is 2. The number of ether oxygens (including phenoxy) is 1.